The lowest BCUT2D eigenvalue weighted by Gasteiger charge is -2.07. The first-order valence-corrected chi connectivity index (χ1v) is 9.96. The summed E-state index contributed by atoms with van der Waals surface area (Å²) in [5.74, 6) is 1.22. The highest BCUT2D eigenvalue weighted by Gasteiger charge is 2.10. The van der Waals surface area contributed by atoms with E-state index in [-0.39, 0.29) is 11.7 Å². The average Bonchev–Trinajstić information content (AvgIpc) is 3.16. The fraction of sp³-hybridized carbons (Fsp3) is 0.250. The van der Waals surface area contributed by atoms with Gasteiger partial charge >= 0.3 is 0 Å². The van der Waals surface area contributed by atoms with Gasteiger partial charge in [-0.15, -0.1) is 5.10 Å². The molecule has 0 bridgehead atoms. The van der Waals surface area contributed by atoms with E-state index in [1.165, 1.54) is 18.7 Å². The quantitative estimate of drug-likeness (QED) is 0.427. The zero-order chi connectivity index (χ0) is 20.6. The zero-order valence-corrected chi connectivity index (χ0v) is 17.0. The number of rotatable bonds is 9. The van der Waals surface area contributed by atoms with Crippen molar-refractivity contribution in [3.63, 3.8) is 0 Å². The number of anilines is 1. The molecule has 0 spiro atoms. The third kappa shape index (κ3) is 5.89. The van der Waals surface area contributed by atoms with E-state index in [0.717, 1.165) is 11.3 Å². The van der Waals surface area contributed by atoms with Crippen molar-refractivity contribution in [3.8, 4) is 5.75 Å². The Labute approximate surface area is 172 Å². The summed E-state index contributed by atoms with van der Waals surface area (Å²) < 4.78 is 6.86. The smallest absolute Gasteiger partial charge is 0.225 e. The van der Waals surface area contributed by atoms with Gasteiger partial charge in [0.1, 0.15) is 5.75 Å². The second-order valence-corrected chi connectivity index (χ2v) is 7.31. The number of ketones is 1. The summed E-state index contributed by atoms with van der Waals surface area (Å²) in [6.45, 7) is 2.04. The number of carbonyl (C=O) groups is 2. The molecule has 1 aromatic heterocycles. The van der Waals surface area contributed by atoms with Crippen molar-refractivity contribution in [2.75, 3.05) is 18.2 Å². The second kappa shape index (κ2) is 9.83. The molecule has 150 valence electrons. The molecule has 9 heteroatoms. The van der Waals surface area contributed by atoms with E-state index < -0.39 is 0 Å². The summed E-state index contributed by atoms with van der Waals surface area (Å²) in [5.41, 5.74) is 2.32. The molecule has 0 fully saturated rings. The number of nitrogens with zero attached hydrogens (tertiary/aromatic N) is 4. The van der Waals surface area contributed by atoms with Gasteiger partial charge in [-0.1, -0.05) is 23.9 Å². The Kier molecular flexibility index (Phi) is 6.96. The van der Waals surface area contributed by atoms with Gasteiger partial charge in [0.15, 0.2) is 5.78 Å². The van der Waals surface area contributed by atoms with Gasteiger partial charge in [-0.3, -0.25) is 9.59 Å². The predicted octanol–water partition coefficient (Wildman–Crippen LogP) is 3.05. The molecule has 0 aliphatic rings. The molecular formula is C20H21N5O3S. The minimum atomic E-state index is -0.109. The third-order valence-electron chi connectivity index (χ3n) is 4.13. The van der Waals surface area contributed by atoms with Gasteiger partial charge < -0.3 is 10.1 Å². The van der Waals surface area contributed by atoms with Crippen LogP contribution in [0.4, 0.5) is 5.69 Å². The van der Waals surface area contributed by atoms with Crippen molar-refractivity contribution < 1.29 is 14.3 Å². The van der Waals surface area contributed by atoms with Crippen LogP contribution in [0.15, 0.2) is 53.7 Å². The second-order valence-electron chi connectivity index (χ2n) is 6.25. The van der Waals surface area contributed by atoms with Crippen LogP contribution in [0.5, 0.6) is 5.75 Å². The van der Waals surface area contributed by atoms with E-state index in [0.29, 0.717) is 35.1 Å². The maximum atomic E-state index is 12.1. The van der Waals surface area contributed by atoms with Gasteiger partial charge in [0.05, 0.1) is 13.7 Å². The van der Waals surface area contributed by atoms with Crippen LogP contribution in [0.1, 0.15) is 29.3 Å². The van der Waals surface area contributed by atoms with Gasteiger partial charge in [-0.05, 0) is 59.3 Å². The van der Waals surface area contributed by atoms with Gasteiger partial charge in [-0.2, -0.15) is 0 Å². The third-order valence-corrected chi connectivity index (χ3v) is 5.08. The Morgan fingerprint density at radius 3 is 2.48 bits per heavy atom. The van der Waals surface area contributed by atoms with Crippen molar-refractivity contribution in [2.45, 2.75) is 25.0 Å². The fourth-order valence-corrected chi connectivity index (χ4v) is 3.36. The number of nitrogens with one attached hydrogen (secondary N) is 1. The number of amides is 1. The molecule has 2 aromatic carbocycles. The molecule has 0 aliphatic heterocycles. The van der Waals surface area contributed by atoms with E-state index in [2.05, 4.69) is 20.8 Å². The number of hydrogen-bond acceptors (Lipinski definition) is 7. The molecular weight excluding hydrogens is 390 g/mol. The van der Waals surface area contributed by atoms with Crippen LogP contribution < -0.4 is 10.1 Å². The molecule has 0 aliphatic carbocycles. The number of aromatic nitrogens is 4. The Bertz CT molecular complexity index is 971. The first kappa shape index (κ1) is 20.5. The molecule has 0 radical (unpaired) electrons. The Morgan fingerprint density at radius 2 is 1.83 bits per heavy atom. The lowest BCUT2D eigenvalue weighted by atomic mass is 10.1. The molecule has 0 saturated carbocycles. The molecule has 8 nitrogen and oxygen atoms in total. The number of thioether (sulfide) groups is 1. The monoisotopic (exact) mass is 411 g/mol. The van der Waals surface area contributed by atoms with Crippen LogP contribution in [0.25, 0.3) is 0 Å². The maximum absolute atomic E-state index is 12.1. The minimum Gasteiger partial charge on any atom is -0.497 e. The predicted molar refractivity (Wildman–Crippen MR) is 110 cm³/mol. The van der Waals surface area contributed by atoms with Crippen molar-refractivity contribution in [1.29, 1.82) is 0 Å². The van der Waals surface area contributed by atoms with Gasteiger partial charge in [0.25, 0.3) is 0 Å². The zero-order valence-electron chi connectivity index (χ0n) is 16.2. The number of hydrogen-bond donors (Lipinski definition) is 1. The van der Waals surface area contributed by atoms with E-state index in [1.54, 1.807) is 36.1 Å². The molecule has 29 heavy (non-hydrogen) atoms. The number of tetrazole rings is 1. The lowest BCUT2D eigenvalue weighted by Crippen LogP contribution is -2.12. The number of carbonyl (C=O) groups excluding carboxylic acids is 2. The summed E-state index contributed by atoms with van der Waals surface area (Å²) in [4.78, 5) is 23.4. The molecule has 1 heterocycles. The number of methoxy groups -OCH3 is 1. The Balaban J connectivity index is 1.48. The normalized spacial score (nSPS) is 10.6. The van der Waals surface area contributed by atoms with Crippen LogP contribution in [0.2, 0.25) is 0 Å². The summed E-state index contributed by atoms with van der Waals surface area (Å²) in [6.07, 6.45) is 0.314. The number of ether oxygens (including phenoxy) is 1. The van der Waals surface area contributed by atoms with Crippen molar-refractivity contribution in [2.24, 2.45) is 0 Å². The molecule has 1 amide bonds. The largest absolute Gasteiger partial charge is 0.497 e. The fourth-order valence-electron chi connectivity index (χ4n) is 2.55. The van der Waals surface area contributed by atoms with E-state index in [4.69, 9.17) is 4.74 Å². The standard InChI is InChI=1S/C20H21N5O3S/c1-14(26)16-5-7-17(8-6-16)21-19(27)11-12-29-20-22-23-24-25(20)13-15-3-9-18(28-2)10-4-15/h3-10H,11-13H2,1-2H3,(H,21,27). The van der Waals surface area contributed by atoms with Gasteiger partial charge in [0.2, 0.25) is 11.1 Å². The molecule has 0 saturated heterocycles. The van der Waals surface area contributed by atoms with Crippen LogP contribution in [0.3, 0.4) is 0 Å². The summed E-state index contributed by atoms with van der Waals surface area (Å²) in [6, 6.07) is 14.5. The first-order chi connectivity index (χ1) is 14.0. The Morgan fingerprint density at radius 1 is 1.10 bits per heavy atom. The molecule has 3 rings (SSSR count). The van der Waals surface area contributed by atoms with Crippen LogP contribution in [-0.2, 0) is 11.3 Å². The molecule has 1 N–H and O–H groups in total. The highest BCUT2D eigenvalue weighted by molar-refractivity contribution is 7.99. The molecule has 3 aromatic rings. The SMILES string of the molecule is COc1ccc(Cn2nnnc2SCCC(=O)Nc2ccc(C(C)=O)cc2)cc1. The summed E-state index contributed by atoms with van der Waals surface area (Å²) in [5, 5.41) is 15.2. The van der Waals surface area contributed by atoms with E-state index >= 15 is 0 Å². The average molecular weight is 411 g/mol. The topological polar surface area (TPSA) is 99.0 Å². The van der Waals surface area contributed by atoms with E-state index in [9.17, 15) is 9.59 Å². The summed E-state index contributed by atoms with van der Waals surface area (Å²) in [7, 11) is 1.63. The molecule has 0 atom stereocenters. The number of Topliss-reactive ketones (excluding diaryl/α,β-unsaturated/α-hetero) is 1. The van der Waals surface area contributed by atoms with Gasteiger partial charge in [-0.25, -0.2) is 4.68 Å². The highest BCUT2D eigenvalue weighted by atomic mass is 32.2. The molecule has 0 unspecified atom stereocenters. The summed E-state index contributed by atoms with van der Waals surface area (Å²) >= 11 is 1.42. The highest BCUT2D eigenvalue weighted by Crippen LogP contribution is 2.18. The number of benzene rings is 2. The van der Waals surface area contributed by atoms with Crippen LogP contribution >= 0.6 is 11.8 Å². The Hall–Kier alpha value is -3.20. The van der Waals surface area contributed by atoms with E-state index in [1.807, 2.05) is 24.3 Å². The van der Waals surface area contributed by atoms with Crippen molar-refractivity contribution >= 4 is 29.1 Å². The first-order valence-electron chi connectivity index (χ1n) is 8.98. The van der Waals surface area contributed by atoms with Crippen molar-refractivity contribution in [1.82, 2.24) is 20.2 Å². The lowest BCUT2D eigenvalue weighted by molar-refractivity contribution is -0.115. The van der Waals surface area contributed by atoms with Crippen molar-refractivity contribution in [3.05, 3.63) is 59.7 Å². The maximum Gasteiger partial charge on any atom is 0.225 e. The minimum absolute atomic E-state index is 0.00774. The van der Waals surface area contributed by atoms with Crippen LogP contribution in [0, 0.1) is 0 Å². The van der Waals surface area contributed by atoms with Gasteiger partial charge in [0, 0.05) is 23.4 Å². The van der Waals surface area contributed by atoms with Crippen LogP contribution in [-0.4, -0.2) is 44.8 Å².